The molecule has 0 amide bonds. The highest BCUT2D eigenvalue weighted by atomic mass is 16.5. The zero-order valence-corrected chi connectivity index (χ0v) is 11.4. The Balaban J connectivity index is 1.77. The molecule has 7 heteroatoms. The molecule has 0 bridgehead atoms. The molecule has 0 aliphatic carbocycles. The third-order valence-corrected chi connectivity index (χ3v) is 2.80. The van der Waals surface area contributed by atoms with Gasteiger partial charge in [0.05, 0.1) is 12.4 Å². The summed E-state index contributed by atoms with van der Waals surface area (Å²) >= 11 is 0. The van der Waals surface area contributed by atoms with Crippen LogP contribution in [0.25, 0.3) is 0 Å². The summed E-state index contributed by atoms with van der Waals surface area (Å²) in [6.07, 6.45) is 4.95. The molecule has 21 heavy (non-hydrogen) atoms. The molecule has 0 aromatic carbocycles. The van der Waals surface area contributed by atoms with E-state index in [0.29, 0.717) is 23.1 Å². The maximum Gasteiger partial charge on any atom is 0.145 e. The summed E-state index contributed by atoms with van der Waals surface area (Å²) < 4.78 is 7.42. The molecule has 3 rings (SSSR count). The lowest BCUT2D eigenvalue weighted by Gasteiger charge is -2.08. The third-order valence-electron chi connectivity index (χ3n) is 2.80. The van der Waals surface area contributed by atoms with Crippen molar-refractivity contribution in [3.63, 3.8) is 0 Å². The fraction of sp³-hybridized carbons (Fsp3) is 0.0714. The number of nitrogen functional groups attached to an aromatic ring is 1. The molecule has 106 valence electrons. The summed E-state index contributed by atoms with van der Waals surface area (Å²) in [7, 11) is 1.85. The van der Waals surface area contributed by atoms with Crippen LogP contribution in [-0.4, -0.2) is 19.7 Å². The van der Waals surface area contributed by atoms with Crippen LogP contribution in [-0.2, 0) is 7.05 Å². The lowest BCUT2D eigenvalue weighted by molar-refractivity contribution is 0.480. The molecular weight excluding hydrogens is 268 g/mol. The molecule has 7 nitrogen and oxygen atoms in total. The number of nitrogens with zero attached hydrogens (tertiary/aromatic N) is 4. The van der Waals surface area contributed by atoms with Gasteiger partial charge in [0, 0.05) is 25.4 Å². The maximum atomic E-state index is 5.70. The van der Waals surface area contributed by atoms with Gasteiger partial charge in [-0.1, -0.05) is 0 Å². The Hall–Kier alpha value is -3.09. The molecule has 3 aromatic rings. The summed E-state index contributed by atoms with van der Waals surface area (Å²) in [5.41, 5.74) is 5.54. The summed E-state index contributed by atoms with van der Waals surface area (Å²) in [6, 6.07) is 8.87. The minimum atomic E-state index is 0.454. The third kappa shape index (κ3) is 3.08. The van der Waals surface area contributed by atoms with Crippen LogP contribution in [0.3, 0.4) is 0 Å². The quantitative estimate of drug-likeness (QED) is 0.763. The van der Waals surface area contributed by atoms with E-state index in [4.69, 9.17) is 10.5 Å². The van der Waals surface area contributed by atoms with Crippen LogP contribution in [0.5, 0.6) is 11.5 Å². The van der Waals surface area contributed by atoms with Crippen molar-refractivity contribution in [3.8, 4) is 11.5 Å². The molecule has 0 saturated carbocycles. The highest BCUT2D eigenvalue weighted by molar-refractivity contribution is 5.53. The van der Waals surface area contributed by atoms with Crippen LogP contribution >= 0.6 is 0 Å². The summed E-state index contributed by atoms with van der Waals surface area (Å²) in [5, 5.41) is 7.25. The molecule has 0 fully saturated rings. The van der Waals surface area contributed by atoms with Crippen LogP contribution < -0.4 is 15.8 Å². The first-order chi connectivity index (χ1) is 10.2. The number of nitrogens with two attached hydrogens (primary N) is 1. The van der Waals surface area contributed by atoms with Crippen molar-refractivity contribution >= 4 is 17.5 Å². The van der Waals surface area contributed by atoms with Gasteiger partial charge in [-0.25, -0.2) is 9.97 Å². The number of nitrogens with one attached hydrogen (secondary N) is 1. The van der Waals surface area contributed by atoms with Gasteiger partial charge < -0.3 is 15.8 Å². The second-order valence-electron chi connectivity index (χ2n) is 4.36. The fourth-order valence-electron chi connectivity index (χ4n) is 1.76. The standard InChI is InChI=1S/C14H14N6O/c1-20-14(5-7-18-20)19-13-8-10(4-6-16-13)21-11-2-3-12(15)17-9-11/h2-9H,1H3,(H2,15,17)(H,16,19). The van der Waals surface area contributed by atoms with Gasteiger partial charge in [0.15, 0.2) is 0 Å². The molecule has 3 N–H and O–H groups in total. The predicted octanol–water partition coefficient (Wildman–Crippen LogP) is 2.33. The Morgan fingerprint density at radius 3 is 2.71 bits per heavy atom. The van der Waals surface area contributed by atoms with Gasteiger partial charge in [-0.3, -0.25) is 4.68 Å². The number of hydrogen-bond donors (Lipinski definition) is 2. The molecule has 3 heterocycles. The molecule has 0 radical (unpaired) electrons. The van der Waals surface area contributed by atoms with Gasteiger partial charge in [0.1, 0.15) is 29.0 Å². The average molecular weight is 282 g/mol. The van der Waals surface area contributed by atoms with Gasteiger partial charge in [0.25, 0.3) is 0 Å². The first-order valence-corrected chi connectivity index (χ1v) is 6.31. The lowest BCUT2D eigenvalue weighted by atomic mass is 10.4. The van der Waals surface area contributed by atoms with Crippen LogP contribution in [0, 0.1) is 0 Å². The van der Waals surface area contributed by atoms with Crippen molar-refractivity contribution in [2.75, 3.05) is 11.1 Å². The Kier molecular flexibility index (Phi) is 3.38. The van der Waals surface area contributed by atoms with Crippen LogP contribution in [0.4, 0.5) is 17.5 Å². The number of anilines is 3. The second kappa shape index (κ2) is 5.49. The normalized spacial score (nSPS) is 10.3. The van der Waals surface area contributed by atoms with Crippen molar-refractivity contribution in [1.82, 2.24) is 19.7 Å². The van der Waals surface area contributed by atoms with Gasteiger partial charge in [0.2, 0.25) is 0 Å². The summed E-state index contributed by atoms with van der Waals surface area (Å²) in [6.45, 7) is 0. The first kappa shape index (κ1) is 12.9. The Labute approximate surface area is 121 Å². The Bertz CT molecular complexity index is 737. The number of pyridine rings is 2. The van der Waals surface area contributed by atoms with E-state index in [1.165, 1.54) is 0 Å². The zero-order valence-electron chi connectivity index (χ0n) is 11.4. The SMILES string of the molecule is Cn1nccc1Nc1cc(Oc2ccc(N)nc2)ccn1. The van der Waals surface area contributed by atoms with Gasteiger partial charge in [-0.05, 0) is 18.2 Å². The highest BCUT2D eigenvalue weighted by Gasteiger charge is 2.03. The molecule has 0 saturated heterocycles. The van der Waals surface area contributed by atoms with E-state index in [2.05, 4.69) is 20.4 Å². The number of ether oxygens (including phenoxy) is 1. The second-order valence-corrected chi connectivity index (χ2v) is 4.36. The predicted molar refractivity (Wildman–Crippen MR) is 79.5 cm³/mol. The Morgan fingerprint density at radius 2 is 2.00 bits per heavy atom. The number of rotatable bonds is 4. The van der Waals surface area contributed by atoms with E-state index in [0.717, 1.165) is 5.82 Å². The van der Waals surface area contributed by atoms with E-state index in [1.54, 1.807) is 47.5 Å². The molecular formula is C14H14N6O. The van der Waals surface area contributed by atoms with Crippen molar-refractivity contribution < 1.29 is 4.74 Å². The molecule has 0 atom stereocenters. The first-order valence-electron chi connectivity index (χ1n) is 6.31. The minimum absolute atomic E-state index is 0.454. The van der Waals surface area contributed by atoms with Gasteiger partial charge in [-0.15, -0.1) is 0 Å². The van der Waals surface area contributed by atoms with Crippen molar-refractivity contribution in [2.24, 2.45) is 7.05 Å². The van der Waals surface area contributed by atoms with Crippen LogP contribution in [0.2, 0.25) is 0 Å². The highest BCUT2D eigenvalue weighted by Crippen LogP contribution is 2.24. The van der Waals surface area contributed by atoms with Crippen LogP contribution in [0.1, 0.15) is 0 Å². The van der Waals surface area contributed by atoms with E-state index in [-0.39, 0.29) is 0 Å². The number of aromatic nitrogens is 4. The maximum absolute atomic E-state index is 5.70. The molecule has 0 aliphatic heterocycles. The summed E-state index contributed by atoms with van der Waals surface area (Å²) in [5.74, 6) is 3.23. The monoisotopic (exact) mass is 282 g/mol. The average Bonchev–Trinajstić information content (AvgIpc) is 2.87. The number of hydrogen-bond acceptors (Lipinski definition) is 6. The zero-order chi connectivity index (χ0) is 14.7. The Morgan fingerprint density at radius 1 is 1.10 bits per heavy atom. The molecule has 0 spiro atoms. The van der Waals surface area contributed by atoms with E-state index >= 15 is 0 Å². The summed E-state index contributed by atoms with van der Waals surface area (Å²) in [4.78, 5) is 8.22. The smallest absolute Gasteiger partial charge is 0.145 e. The van der Waals surface area contributed by atoms with Crippen molar-refractivity contribution in [1.29, 1.82) is 0 Å². The largest absolute Gasteiger partial charge is 0.456 e. The van der Waals surface area contributed by atoms with E-state index in [1.807, 2.05) is 13.1 Å². The van der Waals surface area contributed by atoms with Crippen molar-refractivity contribution in [3.05, 3.63) is 48.9 Å². The fourth-order valence-corrected chi connectivity index (χ4v) is 1.76. The number of aryl methyl sites for hydroxylation is 1. The lowest BCUT2D eigenvalue weighted by Crippen LogP contribution is -2.00. The minimum Gasteiger partial charge on any atom is -0.456 e. The van der Waals surface area contributed by atoms with Gasteiger partial charge >= 0.3 is 0 Å². The topological polar surface area (TPSA) is 90.9 Å². The van der Waals surface area contributed by atoms with Crippen molar-refractivity contribution in [2.45, 2.75) is 0 Å². The molecule has 0 unspecified atom stereocenters. The molecule has 3 aromatic heterocycles. The van der Waals surface area contributed by atoms with E-state index < -0.39 is 0 Å². The van der Waals surface area contributed by atoms with Crippen LogP contribution in [0.15, 0.2) is 48.9 Å². The molecule has 0 aliphatic rings. The van der Waals surface area contributed by atoms with Gasteiger partial charge in [-0.2, -0.15) is 5.10 Å². The van der Waals surface area contributed by atoms with E-state index in [9.17, 15) is 0 Å².